The van der Waals surface area contributed by atoms with Gasteiger partial charge in [-0.05, 0) is 24.1 Å². The third kappa shape index (κ3) is 2.23. The largest absolute Gasteiger partial charge is 0.351 e. The van der Waals surface area contributed by atoms with Crippen LogP contribution in [0.3, 0.4) is 0 Å². The average molecular weight is 267 g/mol. The monoisotopic (exact) mass is 266 g/mol. The van der Waals surface area contributed by atoms with Crippen LogP contribution in [0.5, 0.6) is 0 Å². The zero-order valence-corrected chi connectivity index (χ0v) is 9.97. The number of rotatable bonds is 3. The normalized spacial score (nSPS) is 10.3. The molecule has 0 N–H and O–H groups in total. The molecule has 0 radical (unpaired) electrons. The lowest BCUT2D eigenvalue weighted by atomic mass is 10.0. The highest BCUT2D eigenvalue weighted by Gasteiger charge is 2.16. The van der Waals surface area contributed by atoms with Crippen LogP contribution in [0.25, 0.3) is 11.3 Å². The maximum absolute atomic E-state index is 10.9. The van der Waals surface area contributed by atoms with Crippen LogP contribution < -0.4 is 0 Å². The van der Waals surface area contributed by atoms with E-state index in [9.17, 15) is 14.9 Å². The molecule has 1 heterocycles. The van der Waals surface area contributed by atoms with Gasteiger partial charge in [-0.15, -0.1) is 0 Å². The van der Waals surface area contributed by atoms with Gasteiger partial charge in [-0.25, -0.2) is 0 Å². The minimum atomic E-state index is -0.767. The zero-order valence-electron chi connectivity index (χ0n) is 9.21. The molecule has 92 valence electrons. The maximum Gasteiger partial charge on any atom is 0.290 e. The molecule has 0 amide bonds. The van der Waals surface area contributed by atoms with Crippen molar-refractivity contribution in [3.05, 3.63) is 45.7 Å². The van der Waals surface area contributed by atoms with Crippen molar-refractivity contribution in [3.63, 3.8) is 0 Å². The molecule has 0 fully saturated rings. The van der Waals surface area contributed by atoms with E-state index in [4.69, 9.17) is 16.1 Å². The summed E-state index contributed by atoms with van der Waals surface area (Å²) in [5.74, 6) is -0.0995. The number of nitrogens with zero attached hydrogens (tertiary/aromatic N) is 2. The Labute approximate surface area is 106 Å². The summed E-state index contributed by atoms with van der Waals surface area (Å²) >= 11 is 5.24. The summed E-state index contributed by atoms with van der Waals surface area (Å²) in [5.41, 5.74) is 1.58. The summed E-state index contributed by atoms with van der Waals surface area (Å²) in [5, 5.41) is 13.6. The molecule has 2 aromatic rings. The van der Waals surface area contributed by atoms with E-state index in [1.165, 1.54) is 18.2 Å². The molecule has 0 saturated carbocycles. The number of non-ortho nitro benzene ring substituents is 1. The van der Waals surface area contributed by atoms with Crippen molar-refractivity contribution < 1.29 is 14.2 Å². The van der Waals surface area contributed by atoms with Crippen molar-refractivity contribution in [2.75, 3.05) is 0 Å². The van der Waals surface area contributed by atoms with Gasteiger partial charge in [-0.2, -0.15) is 0 Å². The molecule has 0 saturated heterocycles. The van der Waals surface area contributed by atoms with Gasteiger partial charge in [0, 0.05) is 23.8 Å². The Balaban J connectivity index is 2.51. The third-order valence-electron chi connectivity index (χ3n) is 2.41. The first-order chi connectivity index (χ1) is 8.49. The number of hydrogen-bond acceptors (Lipinski definition) is 5. The Hall–Kier alpha value is -2.21. The smallest absolute Gasteiger partial charge is 0.290 e. The predicted molar refractivity (Wildman–Crippen MR) is 63.5 cm³/mol. The fourth-order valence-corrected chi connectivity index (χ4v) is 1.58. The fourth-order valence-electron chi connectivity index (χ4n) is 1.49. The second kappa shape index (κ2) is 4.58. The van der Waals surface area contributed by atoms with E-state index in [0.717, 1.165) is 5.56 Å². The van der Waals surface area contributed by atoms with E-state index in [1.54, 1.807) is 13.0 Å². The van der Waals surface area contributed by atoms with Crippen LogP contribution >= 0.6 is 11.6 Å². The van der Waals surface area contributed by atoms with E-state index in [0.29, 0.717) is 11.3 Å². The highest BCUT2D eigenvalue weighted by Crippen LogP contribution is 2.27. The lowest BCUT2D eigenvalue weighted by molar-refractivity contribution is -0.384. The summed E-state index contributed by atoms with van der Waals surface area (Å²) < 4.78 is 4.73. The third-order valence-corrected chi connectivity index (χ3v) is 2.60. The fraction of sp³-hybridized carbons (Fsp3) is 0.0909. The molecule has 1 aromatic heterocycles. The van der Waals surface area contributed by atoms with Crippen LogP contribution in [-0.4, -0.2) is 15.3 Å². The van der Waals surface area contributed by atoms with Crippen LogP contribution in [0.15, 0.2) is 28.8 Å². The predicted octanol–water partition coefficient (Wildman–Crippen LogP) is 2.94. The van der Waals surface area contributed by atoms with Crippen LogP contribution in [-0.2, 0) is 0 Å². The summed E-state index contributed by atoms with van der Waals surface area (Å²) in [6, 6.07) is 5.72. The first kappa shape index (κ1) is 12.3. The van der Waals surface area contributed by atoms with Gasteiger partial charge >= 0.3 is 0 Å². The van der Waals surface area contributed by atoms with Crippen molar-refractivity contribution in [2.24, 2.45) is 0 Å². The number of nitro groups is 1. The van der Waals surface area contributed by atoms with Crippen molar-refractivity contribution in [2.45, 2.75) is 6.92 Å². The Kier molecular flexibility index (Phi) is 3.12. The lowest BCUT2D eigenvalue weighted by Gasteiger charge is -2.00. The highest BCUT2D eigenvalue weighted by atomic mass is 35.5. The molecular weight excluding hydrogens is 260 g/mol. The lowest BCUT2D eigenvalue weighted by Crippen LogP contribution is -1.90. The maximum atomic E-state index is 10.9. The first-order valence-corrected chi connectivity index (χ1v) is 5.29. The van der Waals surface area contributed by atoms with Crippen molar-refractivity contribution >= 4 is 22.5 Å². The summed E-state index contributed by atoms with van der Waals surface area (Å²) in [7, 11) is 0. The van der Waals surface area contributed by atoms with Gasteiger partial charge in [-0.3, -0.25) is 14.9 Å². The molecular formula is C11H7ClN2O4. The van der Waals surface area contributed by atoms with Gasteiger partial charge < -0.3 is 4.52 Å². The highest BCUT2D eigenvalue weighted by molar-refractivity contribution is 6.67. The van der Waals surface area contributed by atoms with Crippen molar-refractivity contribution in [3.8, 4) is 11.3 Å². The number of hydrogen-bond donors (Lipinski definition) is 0. The van der Waals surface area contributed by atoms with E-state index < -0.39 is 10.2 Å². The number of halogens is 1. The number of aryl methyl sites for hydroxylation is 1. The zero-order chi connectivity index (χ0) is 13.3. The van der Waals surface area contributed by atoms with Gasteiger partial charge in [0.25, 0.3) is 10.9 Å². The molecule has 1 aromatic carbocycles. The Morgan fingerprint density at radius 1 is 1.44 bits per heavy atom. The van der Waals surface area contributed by atoms with E-state index in [-0.39, 0.29) is 11.4 Å². The summed E-state index contributed by atoms with van der Waals surface area (Å²) in [4.78, 5) is 21.1. The van der Waals surface area contributed by atoms with Crippen molar-refractivity contribution in [1.29, 1.82) is 0 Å². The molecule has 0 aliphatic rings. The molecule has 2 rings (SSSR count). The second-order valence-corrected chi connectivity index (χ2v) is 3.95. The second-order valence-electron chi connectivity index (χ2n) is 3.61. The summed E-state index contributed by atoms with van der Waals surface area (Å²) in [6.07, 6.45) is 0. The molecule has 0 unspecified atom stereocenters. The van der Waals surface area contributed by atoms with Crippen molar-refractivity contribution in [1.82, 2.24) is 5.16 Å². The van der Waals surface area contributed by atoms with E-state index in [2.05, 4.69) is 5.16 Å². The van der Waals surface area contributed by atoms with Gasteiger partial charge in [0.05, 0.1) is 4.92 Å². The van der Waals surface area contributed by atoms with Gasteiger partial charge in [0.15, 0.2) is 0 Å². The number of carbonyl (C=O) groups excluding carboxylic acids is 1. The minimum Gasteiger partial charge on any atom is -0.351 e. The van der Waals surface area contributed by atoms with E-state index >= 15 is 0 Å². The van der Waals surface area contributed by atoms with Gasteiger partial charge in [0.1, 0.15) is 5.69 Å². The summed E-state index contributed by atoms with van der Waals surface area (Å²) in [6.45, 7) is 1.77. The quantitative estimate of drug-likeness (QED) is 0.484. The van der Waals surface area contributed by atoms with Gasteiger partial charge in [-0.1, -0.05) is 11.2 Å². The molecule has 0 atom stereocenters. The standard InChI is InChI=1S/C11H7ClN2O4/c1-6-2-3-7(14(16)17)4-8(6)9-5-10(11(12)15)18-13-9/h2-5H,1H3. The molecule has 0 aliphatic heterocycles. The molecule has 6 nitrogen and oxygen atoms in total. The number of carbonyl (C=O) groups is 1. The Bertz CT molecular complexity index is 636. The van der Waals surface area contributed by atoms with E-state index in [1.807, 2.05) is 0 Å². The topological polar surface area (TPSA) is 86.2 Å². The Morgan fingerprint density at radius 2 is 2.17 bits per heavy atom. The van der Waals surface area contributed by atoms with Crippen LogP contribution in [0, 0.1) is 17.0 Å². The Morgan fingerprint density at radius 3 is 2.72 bits per heavy atom. The number of benzene rings is 1. The average Bonchev–Trinajstić information content (AvgIpc) is 2.78. The number of nitro benzene ring substituents is 1. The molecule has 0 bridgehead atoms. The number of aromatic nitrogens is 1. The van der Waals surface area contributed by atoms with Crippen LogP contribution in [0.1, 0.15) is 16.1 Å². The molecule has 0 aliphatic carbocycles. The minimum absolute atomic E-state index is 0.0580. The van der Waals surface area contributed by atoms with Crippen LogP contribution in [0.2, 0.25) is 0 Å². The van der Waals surface area contributed by atoms with Gasteiger partial charge in [0.2, 0.25) is 5.76 Å². The van der Waals surface area contributed by atoms with Crippen LogP contribution in [0.4, 0.5) is 5.69 Å². The molecule has 18 heavy (non-hydrogen) atoms. The SMILES string of the molecule is Cc1ccc([N+](=O)[O-])cc1-c1cc(C(=O)Cl)on1. The first-order valence-electron chi connectivity index (χ1n) is 4.91. The molecule has 0 spiro atoms. The molecule has 7 heteroatoms.